The Morgan fingerprint density at radius 1 is 1.29 bits per heavy atom. The maximum atomic E-state index is 13.0. The van der Waals surface area contributed by atoms with Gasteiger partial charge in [-0.2, -0.15) is 5.10 Å². The van der Waals surface area contributed by atoms with E-state index >= 15 is 0 Å². The van der Waals surface area contributed by atoms with Crippen molar-refractivity contribution in [3.63, 3.8) is 0 Å². The van der Waals surface area contributed by atoms with Crippen LogP contribution < -0.4 is 5.32 Å². The number of nitrogens with one attached hydrogen (secondary N) is 1. The molecular weight excluding hydrogens is 331 g/mol. The average Bonchev–Trinajstić information content (AvgIpc) is 2.76. The zero-order valence-corrected chi connectivity index (χ0v) is 14.3. The van der Waals surface area contributed by atoms with E-state index in [2.05, 4.69) is 10.4 Å². The summed E-state index contributed by atoms with van der Waals surface area (Å²) in [6.07, 6.45) is 0.923. The minimum Gasteiger partial charge on any atom is -0.337 e. The van der Waals surface area contributed by atoms with Gasteiger partial charge < -0.3 is 10.2 Å². The molecule has 0 radical (unpaired) electrons. The van der Waals surface area contributed by atoms with Crippen molar-refractivity contribution in [3.05, 3.63) is 52.1 Å². The van der Waals surface area contributed by atoms with Gasteiger partial charge in [0.2, 0.25) is 0 Å². The minimum absolute atomic E-state index is 0.0773. The van der Waals surface area contributed by atoms with E-state index in [0.29, 0.717) is 36.0 Å². The van der Waals surface area contributed by atoms with Crippen molar-refractivity contribution >= 4 is 17.5 Å². The second-order valence-electron chi connectivity index (χ2n) is 5.93. The number of halogens is 2. The third-order valence-corrected chi connectivity index (χ3v) is 4.54. The lowest BCUT2D eigenvalue weighted by atomic mass is 10.2. The number of rotatable bonds is 3. The molecule has 0 bridgehead atoms. The Kier molecular flexibility index (Phi) is 5.16. The van der Waals surface area contributed by atoms with Gasteiger partial charge in [-0.25, -0.2) is 9.07 Å². The predicted molar refractivity (Wildman–Crippen MR) is 90.9 cm³/mol. The van der Waals surface area contributed by atoms with Gasteiger partial charge in [0.15, 0.2) is 0 Å². The van der Waals surface area contributed by atoms with Crippen molar-refractivity contribution in [3.8, 4) is 0 Å². The van der Waals surface area contributed by atoms with Crippen LogP contribution in [0.2, 0.25) is 5.15 Å². The highest BCUT2D eigenvalue weighted by Gasteiger charge is 2.25. The lowest BCUT2D eigenvalue weighted by Crippen LogP contribution is -2.34. The van der Waals surface area contributed by atoms with Crippen LogP contribution in [0.5, 0.6) is 0 Å². The molecule has 1 aromatic heterocycles. The van der Waals surface area contributed by atoms with E-state index in [1.165, 1.54) is 12.1 Å². The Morgan fingerprint density at radius 3 is 2.79 bits per heavy atom. The zero-order valence-electron chi connectivity index (χ0n) is 13.6. The molecule has 1 fully saturated rings. The number of hydrogen-bond donors (Lipinski definition) is 1. The van der Waals surface area contributed by atoms with Gasteiger partial charge in [0, 0.05) is 19.6 Å². The van der Waals surface area contributed by atoms with E-state index in [-0.39, 0.29) is 11.7 Å². The summed E-state index contributed by atoms with van der Waals surface area (Å²) < 4.78 is 14.6. The fraction of sp³-hybridized carbons (Fsp3) is 0.412. The first-order chi connectivity index (χ1) is 11.6. The number of carbonyl (C=O) groups excluding carboxylic acids is 1. The Balaban J connectivity index is 1.83. The Hall–Kier alpha value is -1.92. The molecule has 0 aliphatic carbocycles. The van der Waals surface area contributed by atoms with E-state index in [0.717, 1.165) is 25.1 Å². The minimum atomic E-state index is -0.285. The highest BCUT2D eigenvalue weighted by atomic mass is 35.5. The topological polar surface area (TPSA) is 50.2 Å². The van der Waals surface area contributed by atoms with E-state index in [1.54, 1.807) is 23.7 Å². The number of aryl methyl sites for hydroxylation is 1. The van der Waals surface area contributed by atoms with Crippen LogP contribution in [0.4, 0.5) is 4.39 Å². The molecule has 0 atom stereocenters. The van der Waals surface area contributed by atoms with Gasteiger partial charge in [-0.1, -0.05) is 23.7 Å². The average molecular weight is 351 g/mol. The van der Waals surface area contributed by atoms with Crippen LogP contribution in [-0.4, -0.2) is 46.8 Å². The molecule has 2 heterocycles. The lowest BCUT2D eigenvalue weighted by molar-refractivity contribution is 0.0765. The van der Waals surface area contributed by atoms with Crippen LogP contribution in [0.3, 0.4) is 0 Å². The van der Waals surface area contributed by atoms with Crippen molar-refractivity contribution in [2.24, 2.45) is 0 Å². The normalized spacial score (nSPS) is 15.4. The predicted octanol–water partition coefficient (Wildman–Crippen LogP) is 2.47. The second-order valence-corrected chi connectivity index (χ2v) is 6.29. The van der Waals surface area contributed by atoms with Crippen LogP contribution >= 0.6 is 11.6 Å². The molecular formula is C17H20ClFN4O. The zero-order chi connectivity index (χ0) is 17.1. The summed E-state index contributed by atoms with van der Waals surface area (Å²) in [6.45, 7) is 5.26. The number of benzene rings is 1. The van der Waals surface area contributed by atoms with Gasteiger partial charge in [0.05, 0.1) is 17.8 Å². The van der Waals surface area contributed by atoms with Gasteiger partial charge in [0.1, 0.15) is 11.0 Å². The number of amides is 1. The van der Waals surface area contributed by atoms with Gasteiger partial charge in [-0.3, -0.25) is 4.79 Å². The molecule has 1 amide bonds. The third-order valence-electron chi connectivity index (χ3n) is 4.15. The number of nitrogens with zero attached hydrogens (tertiary/aromatic N) is 3. The third kappa shape index (κ3) is 3.60. The molecule has 3 rings (SSSR count). The van der Waals surface area contributed by atoms with E-state index < -0.39 is 0 Å². The molecule has 1 aliphatic rings. The number of hydrogen-bond acceptors (Lipinski definition) is 3. The summed E-state index contributed by atoms with van der Waals surface area (Å²) in [5.74, 6) is -0.362. The summed E-state index contributed by atoms with van der Waals surface area (Å²) in [5.41, 5.74) is 1.95. The molecule has 7 heteroatoms. The van der Waals surface area contributed by atoms with Crippen LogP contribution in [0, 0.1) is 12.7 Å². The molecule has 0 saturated carbocycles. The smallest absolute Gasteiger partial charge is 0.258 e. The summed E-state index contributed by atoms with van der Waals surface area (Å²) in [4.78, 5) is 14.6. The van der Waals surface area contributed by atoms with Gasteiger partial charge in [0.25, 0.3) is 5.91 Å². The highest BCUT2D eigenvalue weighted by Crippen LogP contribution is 2.23. The van der Waals surface area contributed by atoms with E-state index in [1.807, 2.05) is 4.90 Å². The molecule has 0 spiro atoms. The van der Waals surface area contributed by atoms with E-state index in [4.69, 9.17) is 11.6 Å². The Morgan fingerprint density at radius 2 is 2.04 bits per heavy atom. The molecule has 1 N–H and O–H groups in total. The monoisotopic (exact) mass is 350 g/mol. The summed E-state index contributed by atoms with van der Waals surface area (Å²) >= 11 is 6.43. The summed E-state index contributed by atoms with van der Waals surface area (Å²) in [5, 5.41) is 8.00. The summed E-state index contributed by atoms with van der Waals surface area (Å²) in [6, 6.07) is 6.17. The highest BCUT2D eigenvalue weighted by molar-refractivity contribution is 6.33. The van der Waals surface area contributed by atoms with Crippen molar-refractivity contribution in [2.75, 3.05) is 26.2 Å². The molecule has 5 nitrogen and oxygen atoms in total. The van der Waals surface area contributed by atoms with Gasteiger partial charge in [-0.15, -0.1) is 0 Å². The van der Waals surface area contributed by atoms with Crippen molar-refractivity contribution in [2.45, 2.75) is 19.9 Å². The Bertz CT molecular complexity index is 721. The molecule has 1 saturated heterocycles. The number of aromatic nitrogens is 2. The standard InChI is InChI=1S/C17H20ClFN4O/c1-12-15(17(24)22-9-2-7-20-8-10-22)16(18)23(21-12)11-13-3-5-14(19)6-4-13/h3-6,20H,2,7-11H2,1H3. The van der Waals surface area contributed by atoms with E-state index in [9.17, 15) is 9.18 Å². The maximum absolute atomic E-state index is 13.0. The molecule has 1 aromatic carbocycles. The van der Waals surface area contributed by atoms with Crippen molar-refractivity contribution in [1.82, 2.24) is 20.0 Å². The van der Waals surface area contributed by atoms with Crippen molar-refractivity contribution < 1.29 is 9.18 Å². The molecule has 24 heavy (non-hydrogen) atoms. The first-order valence-electron chi connectivity index (χ1n) is 8.03. The van der Waals surface area contributed by atoms with Crippen LogP contribution in [0.1, 0.15) is 28.0 Å². The second kappa shape index (κ2) is 7.32. The van der Waals surface area contributed by atoms with Crippen molar-refractivity contribution in [1.29, 1.82) is 0 Å². The quantitative estimate of drug-likeness (QED) is 0.925. The fourth-order valence-corrected chi connectivity index (χ4v) is 3.19. The lowest BCUT2D eigenvalue weighted by Gasteiger charge is -2.19. The largest absolute Gasteiger partial charge is 0.337 e. The Labute approximate surface area is 145 Å². The maximum Gasteiger partial charge on any atom is 0.258 e. The first-order valence-corrected chi connectivity index (χ1v) is 8.41. The molecule has 2 aromatic rings. The summed E-state index contributed by atoms with van der Waals surface area (Å²) in [7, 11) is 0. The van der Waals surface area contributed by atoms with Crippen LogP contribution in [0.15, 0.2) is 24.3 Å². The van der Waals surface area contributed by atoms with Crippen LogP contribution in [0.25, 0.3) is 0 Å². The molecule has 1 aliphatic heterocycles. The SMILES string of the molecule is Cc1nn(Cc2ccc(F)cc2)c(Cl)c1C(=O)N1CCCNCC1. The fourth-order valence-electron chi connectivity index (χ4n) is 2.87. The molecule has 0 unspecified atom stereocenters. The van der Waals surface area contributed by atoms with Crippen LogP contribution in [-0.2, 0) is 6.54 Å². The first kappa shape index (κ1) is 16.9. The number of carbonyl (C=O) groups is 1. The molecule has 128 valence electrons. The van der Waals surface area contributed by atoms with Gasteiger partial charge >= 0.3 is 0 Å². The van der Waals surface area contributed by atoms with Gasteiger partial charge in [-0.05, 0) is 37.6 Å².